The Morgan fingerprint density at radius 2 is 2.14 bits per heavy atom. The molecule has 2 rings (SSSR count). The lowest BCUT2D eigenvalue weighted by atomic mass is 10.1. The molecule has 118 valence electrons. The first-order valence-corrected chi connectivity index (χ1v) is 7.84. The molecule has 1 aromatic heterocycles. The highest BCUT2D eigenvalue weighted by Gasteiger charge is 2.21. The number of hydrogen-bond donors (Lipinski definition) is 1. The van der Waals surface area contributed by atoms with Gasteiger partial charge < -0.3 is 14.6 Å². The van der Waals surface area contributed by atoms with Crippen LogP contribution in [0.5, 0.6) is 0 Å². The summed E-state index contributed by atoms with van der Waals surface area (Å²) < 4.78 is 7.46. The van der Waals surface area contributed by atoms with E-state index < -0.39 is 5.60 Å². The van der Waals surface area contributed by atoms with Crippen LogP contribution in [0, 0.1) is 5.92 Å². The normalized spacial score (nSPS) is 17.7. The third-order valence-electron chi connectivity index (χ3n) is 3.85. The van der Waals surface area contributed by atoms with Gasteiger partial charge in [-0.2, -0.15) is 0 Å². The van der Waals surface area contributed by atoms with Crippen LogP contribution < -0.4 is 5.32 Å². The van der Waals surface area contributed by atoms with Crippen LogP contribution in [0.2, 0.25) is 0 Å². The van der Waals surface area contributed by atoms with E-state index in [0.717, 1.165) is 18.2 Å². The fourth-order valence-corrected chi connectivity index (χ4v) is 2.87. The first-order valence-electron chi connectivity index (χ1n) is 7.84. The number of carbonyl (C=O) groups excluding carboxylic acids is 1. The van der Waals surface area contributed by atoms with E-state index in [-0.39, 0.29) is 12.1 Å². The Morgan fingerprint density at radius 3 is 2.76 bits per heavy atom. The first-order chi connectivity index (χ1) is 9.85. The van der Waals surface area contributed by atoms with Crippen LogP contribution in [0.4, 0.5) is 4.79 Å². The summed E-state index contributed by atoms with van der Waals surface area (Å²) in [6.45, 7) is 8.55. The number of nitrogens with zero attached hydrogens (tertiary/aromatic N) is 2. The Bertz CT molecular complexity index is 470. The minimum absolute atomic E-state index is 0.108. The van der Waals surface area contributed by atoms with Gasteiger partial charge in [-0.25, -0.2) is 9.78 Å². The number of alkyl carbamates (subject to hydrolysis) is 1. The second-order valence-electron chi connectivity index (χ2n) is 6.99. The van der Waals surface area contributed by atoms with Gasteiger partial charge in [-0.1, -0.05) is 12.8 Å². The molecule has 1 atom stereocenters. The fraction of sp³-hybridized carbons (Fsp3) is 0.750. The van der Waals surface area contributed by atoms with E-state index in [1.54, 1.807) is 0 Å². The number of ether oxygens (including phenoxy) is 1. The SMILES string of the molecule is C[C@H](NC(=O)OC(C)(C)C)c1cncn1CC1CCCC1. The van der Waals surface area contributed by atoms with Crippen molar-refractivity contribution in [3.05, 3.63) is 18.2 Å². The van der Waals surface area contributed by atoms with E-state index in [0.29, 0.717) is 0 Å². The van der Waals surface area contributed by atoms with Crippen LogP contribution in [-0.4, -0.2) is 21.2 Å². The summed E-state index contributed by atoms with van der Waals surface area (Å²) in [5.41, 5.74) is 0.557. The molecule has 5 heteroatoms. The monoisotopic (exact) mass is 293 g/mol. The van der Waals surface area contributed by atoms with Crippen molar-refractivity contribution in [1.82, 2.24) is 14.9 Å². The number of aromatic nitrogens is 2. The van der Waals surface area contributed by atoms with Gasteiger partial charge in [0.05, 0.1) is 24.3 Å². The molecule has 1 amide bonds. The minimum Gasteiger partial charge on any atom is -0.444 e. The third-order valence-corrected chi connectivity index (χ3v) is 3.85. The summed E-state index contributed by atoms with van der Waals surface area (Å²) >= 11 is 0. The minimum atomic E-state index is -0.478. The Hall–Kier alpha value is -1.52. The zero-order valence-electron chi connectivity index (χ0n) is 13.6. The molecule has 1 heterocycles. The molecule has 0 spiro atoms. The maximum atomic E-state index is 11.9. The van der Waals surface area contributed by atoms with Crippen LogP contribution in [0.3, 0.4) is 0 Å². The van der Waals surface area contributed by atoms with Gasteiger partial charge in [0.15, 0.2) is 0 Å². The highest BCUT2D eigenvalue weighted by atomic mass is 16.6. The predicted molar refractivity (Wildman–Crippen MR) is 82.0 cm³/mol. The lowest BCUT2D eigenvalue weighted by Crippen LogP contribution is -2.34. The van der Waals surface area contributed by atoms with Crippen molar-refractivity contribution in [3.63, 3.8) is 0 Å². The van der Waals surface area contributed by atoms with Crippen molar-refractivity contribution in [2.24, 2.45) is 5.92 Å². The van der Waals surface area contributed by atoms with Crippen molar-refractivity contribution in [1.29, 1.82) is 0 Å². The molecule has 1 aliphatic carbocycles. The van der Waals surface area contributed by atoms with E-state index in [9.17, 15) is 4.79 Å². The van der Waals surface area contributed by atoms with Crippen LogP contribution in [0.1, 0.15) is 65.1 Å². The molecule has 0 saturated heterocycles. The van der Waals surface area contributed by atoms with E-state index in [1.165, 1.54) is 25.7 Å². The number of rotatable bonds is 4. The van der Waals surface area contributed by atoms with Crippen molar-refractivity contribution < 1.29 is 9.53 Å². The van der Waals surface area contributed by atoms with Gasteiger partial charge in [0.1, 0.15) is 5.60 Å². The molecule has 5 nitrogen and oxygen atoms in total. The third kappa shape index (κ3) is 4.76. The van der Waals surface area contributed by atoms with Gasteiger partial charge in [0.25, 0.3) is 0 Å². The van der Waals surface area contributed by atoms with Gasteiger partial charge in [0.2, 0.25) is 0 Å². The highest BCUT2D eigenvalue weighted by molar-refractivity contribution is 5.68. The number of amides is 1. The van der Waals surface area contributed by atoms with Crippen molar-refractivity contribution in [2.75, 3.05) is 0 Å². The molecule has 0 radical (unpaired) electrons. The summed E-state index contributed by atoms with van der Waals surface area (Å²) in [6, 6.07) is -0.108. The second-order valence-corrected chi connectivity index (χ2v) is 6.99. The maximum Gasteiger partial charge on any atom is 0.408 e. The van der Waals surface area contributed by atoms with Crippen molar-refractivity contribution in [3.8, 4) is 0 Å². The molecular weight excluding hydrogens is 266 g/mol. The molecule has 1 aromatic rings. The zero-order valence-corrected chi connectivity index (χ0v) is 13.6. The number of imidazole rings is 1. The first kappa shape index (κ1) is 15.9. The van der Waals surface area contributed by atoms with Crippen LogP contribution in [-0.2, 0) is 11.3 Å². The molecule has 0 unspecified atom stereocenters. The quantitative estimate of drug-likeness (QED) is 0.921. The molecule has 21 heavy (non-hydrogen) atoms. The van der Waals surface area contributed by atoms with Gasteiger partial charge in [-0.15, -0.1) is 0 Å². The fourth-order valence-electron chi connectivity index (χ4n) is 2.87. The molecule has 0 bridgehead atoms. The van der Waals surface area contributed by atoms with Gasteiger partial charge in [-0.05, 0) is 46.5 Å². The Kier molecular flexibility index (Phi) is 4.91. The van der Waals surface area contributed by atoms with Gasteiger partial charge in [0, 0.05) is 6.54 Å². The lowest BCUT2D eigenvalue weighted by molar-refractivity contribution is 0.0506. The van der Waals surface area contributed by atoms with Gasteiger partial charge in [-0.3, -0.25) is 0 Å². The number of hydrogen-bond acceptors (Lipinski definition) is 3. The number of carbonyl (C=O) groups is 1. The smallest absolute Gasteiger partial charge is 0.408 e. The zero-order chi connectivity index (χ0) is 15.5. The van der Waals surface area contributed by atoms with E-state index >= 15 is 0 Å². The summed E-state index contributed by atoms with van der Waals surface area (Å²) in [5.74, 6) is 0.742. The van der Waals surface area contributed by atoms with Crippen LogP contribution >= 0.6 is 0 Å². The van der Waals surface area contributed by atoms with E-state index in [1.807, 2.05) is 40.2 Å². The Morgan fingerprint density at radius 1 is 1.48 bits per heavy atom. The summed E-state index contributed by atoms with van der Waals surface area (Å²) in [5, 5.41) is 2.88. The molecule has 1 aliphatic rings. The van der Waals surface area contributed by atoms with E-state index in [2.05, 4.69) is 14.9 Å². The lowest BCUT2D eigenvalue weighted by Gasteiger charge is -2.23. The summed E-state index contributed by atoms with van der Waals surface area (Å²) in [7, 11) is 0. The molecule has 1 fully saturated rings. The average Bonchev–Trinajstić information content (AvgIpc) is 2.97. The van der Waals surface area contributed by atoms with E-state index in [4.69, 9.17) is 4.74 Å². The predicted octanol–water partition coefficient (Wildman–Crippen LogP) is 3.66. The average molecular weight is 293 g/mol. The topological polar surface area (TPSA) is 56.1 Å². The highest BCUT2D eigenvalue weighted by Crippen LogP contribution is 2.27. The molecule has 0 aliphatic heterocycles. The standard InChI is InChI=1S/C16H27N3O2/c1-12(18-15(20)21-16(2,3)4)14-9-17-11-19(14)10-13-7-5-6-8-13/h9,11-13H,5-8,10H2,1-4H3,(H,18,20)/t12-/m0/s1. The Balaban J connectivity index is 1.94. The van der Waals surface area contributed by atoms with Gasteiger partial charge >= 0.3 is 6.09 Å². The summed E-state index contributed by atoms with van der Waals surface area (Å²) in [6.07, 6.45) is 8.57. The molecule has 0 aromatic carbocycles. The van der Waals surface area contributed by atoms with Crippen molar-refractivity contribution in [2.45, 2.75) is 71.6 Å². The molecular formula is C16H27N3O2. The maximum absolute atomic E-state index is 11.9. The van der Waals surface area contributed by atoms with Crippen LogP contribution in [0.25, 0.3) is 0 Å². The van der Waals surface area contributed by atoms with Crippen molar-refractivity contribution >= 4 is 6.09 Å². The molecule has 1 N–H and O–H groups in total. The second kappa shape index (κ2) is 6.50. The van der Waals surface area contributed by atoms with Crippen LogP contribution in [0.15, 0.2) is 12.5 Å². The Labute approximate surface area is 127 Å². The summed E-state index contributed by atoms with van der Waals surface area (Å²) in [4.78, 5) is 16.1. The molecule has 1 saturated carbocycles. The largest absolute Gasteiger partial charge is 0.444 e. The number of nitrogens with one attached hydrogen (secondary N) is 1.